The lowest BCUT2D eigenvalue weighted by Gasteiger charge is -2.13. The zero-order valence-electron chi connectivity index (χ0n) is 11.3. The molecule has 0 spiro atoms. The fourth-order valence-electron chi connectivity index (χ4n) is 1.88. The van der Waals surface area contributed by atoms with E-state index in [-0.39, 0.29) is 18.2 Å². The molecule has 2 aromatic carbocycles. The van der Waals surface area contributed by atoms with E-state index >= 15 is 0 Å². The van der Waals surface area contributed by atoms with Crippen molar-refractivity contribution in [3.05, 3.63) is 65.2 Å². The van der Waals surface area contributed by atoms with Crippen molar-refractivity contribution in [2.24, 2.45) is 0 Å². The van der Waals surface area contributed by atoms with Crippen LogP contribution in [0.15, 0.2) is 42.5 Å². The number of para-hydroxylation sites is 1. The van der Waals surface area contributed by atoms with Crippen LogP contribution in [-0.2, 0) is 13.2 Å². The van der Waals surface area contributed by atoms with Gasteiger partial charge < -0.3 is 10.1 Å². The maximum atomic E-state index is 13.8. The number of nitrogens with one attached hydrogen (secondary N) is 1. The molecule has 0 aliphatic heterocycles. The first kappa shape index (κ1) is 14.5. The lowest BCUT2D eigenvalue weighted by atomic mass is 10.2. The number of halogens is 2. The monoisotopic (exact) mass is 277 g/mol. The van der Waals surface area contributed by atoms with Gasteiger partial charge in [-0.3, -0.25) is 0 Å². The van der Waals surface area contributed by atoms with Crippen LogP contribution < -0.4 is 10.1 Å². The summed E-state index contributed by atoms with van der Waals surface area (Å²) in [6, 6.07) is 11.1. The topological polar surface area (TPSA) is 21.3 Å². The normalized spacial score (nSPS) is 10.6. The van der Waals surface area contributed by atoms with E-state index in [2.05, 4.69) is 5.32 Å². The quantitative estimate of drug-likeness (QED) is 0.870. The van der Waals surface area contributed by atoms with Crippen LogP contribution in [0.25, 0.3) is 0 Å². The molecule has 0 atom stereocenters. The van der Waals surface area contributed by atoms with Crippen molar-refractivity contribution in [1.82, 2.24) is 5.32 Å². The van der Waals surface area contributed by atoms with Gasteiger partial charge in [-0.1, -0.05) is 37.3 Å². The molecule has 2 nitrogen and oxygen atoms in total. The Bertz CT molecular complexity index is 572. The number of hydrogen-bond donors (Lipinski definition) is 1. The minimum absolute atomic E-state index is 0.00668. The smallest absolute Gasteiger partial charge is 0.165 e. The van der Waals surface area contributed by atoms with Crippen molar-refractivity contribution >= 4 is 0 Å². The SMILES string of the molecule is CCNCc1cccc(F)c1OCc1ccccc1F. The average Bonchev–Trinajstić information content (AvgIpc) is 2.45. The minimum atomic E-state index is -0.434. The van der Waals surface area contributed by atoms with E-state index in [4.69, 9.17) is 4.74 Å². The van der Waals surface area contributed by atoms with E-state index in [9.17, 15) is 8.78 Å². The van der Waals surface area contributed by atoms with Crippen molar-refractivity contribution in [3.63, 3.8) is 0 Å². The van der Waals surface area contributed by atoms with E-state index in [1.807, 2.05) is 6.92 Å². The molecular formula is C16H17F2NO. The summed E-state index contributed by atoms with van der Waals surface area (Å²) in [5.41, 5.74) is 1.13. The van der Waals surface area contributed by atoms with Gasteiger partial charge in [0.15, 0.2) is 11.6 Å². The summed E-state index contributed by atoms with van der Waals surface area (Å²) in [6.45, 7) is 3.27. The lowest BCUT2D eigenvalue weighted by Crippen LogP contribution is -2.13. The van der Waals surface area contributed by atoms with E-state index in [0.717, 1.165) is 12.1 Å². The average molecular weight is 277 g/mol. The highest BCUT2D eigenvalue weighted by molar-refractivity contribution is 5.35. The summed E-state index contributed by atoms with van der Waals surface area (Å²) in [5.74, 6) is -0.606. The Balaban J connectivity index is 2.14. The number of hydrogen-bond acceptors (Lipinski definition) is 2. The Hall–Kier alpha value is -1.94. The zero-order chi connectivity index (χ0) is 14.4. The predicted molar refractivity (Wildman–Crippen MR) is 74.5 cm³/mol. The second-order valence-electron chi connectivity index (χ2n) is 4.39. The van der Waals surface area contributed by atoms with Gasteiger partial charge in [-0.15, -0.1) is 0 Å². The Morgan fingerprint density at radius 2 is 1.65 bits per heavy atom. The molecule has 0 heterocycles. The summed E-state index contributed by atoms with van der Waals surface area (Å²) in [5, 5.41) is 3.12. The molecule has 20 heavy (non-hydrogen) atoms. The second kappa shape index (κ2) is 7.01. The highest BCUT2D eigenvalue weighted by Gasteiger charge is 2.10. The fraction of sp³-hybridized carbons (Fsp3) is 0.250. The van der Waals surface area contributed by atoms with Crippen molar-refractivity contribution in [1.29, 1.82) is 0 Å². The zero-order valence-corrected chi connectivity index (χ0v) is 11.3. The molecule has 0 amide bonds. The van der Waals surface area contributed by atoms with Gasteiger partial charge in [0.2, 0.25) is 0 Å². The molecule has 4 heteroatoms. The van der Waals surface area contributed by atoms with Gasteiger partial charge in [0.1, 0.15) is 12.4 Å². The largest absolute Gasteiger partial charge is 0.485 e. The maximum Gasteiger partial charge on any atom is 0.165 e. The first-order valence-corrected chi connectivity index (χ1v) is 6.56. The van der Waals surface area contributed by atoms with Crippen molar-refractivity contribution in [2.45, 2.75) is 20.1 Å². The van der Waals surface area contributed by atoms with Gasteiger partial charge in [0.05, 0.1) is 0 Å². The standard InChI is InChI=1S/C16H17F2NO/c1-2-19-10-12-7-5-9-15(18)16(12)20-11-13-6-3-4-8-14(13)17/h3-9,19H,2,10-11H2,1H3. The van der Waals surface area contributed by atoms with Gasteiger partial charge >= 0.3 is 0 Å². The van der Waals surface area contributed by atoms with Crippen LogP contribution in [-0.4, -0.2) is 6.54 Å². The molecule has 106 valence electrons. The predicted octanol–water partition coefficient (Wildman–Crippen LogP) is 3.65. The minimum Gasteiger partial charge on any atom is -0.485 e. The van der Waals surface area contributed by atoms with Crippen LogP contribution in [0, 0.1) is 11.6 Å². The Morgan fingerprint density at radius 3 is 2.40 bits per heavy atom. The molecule has 0 aromatic heterocycles. The summed E-state index contributed by atoms with van der Waals surface area (Å²) < 4.78 is 32.8. The first-order valence-electron chi connectivity index (χ1n) is 6.56. The van der Waals surface area contributed by atoms with Gasteiger partial charge in [-0.2, -0.15) is 0 Å². The molecule has 2 aromatic rings. The van der Waals surface area contributed by atoms with Crippen LogP contribution in [0.3, 0.4) is 0 Å². The molecule has 0 radical (unpaired) electrons. The van der Waals surface area contributed by atoms with E-state index in [1.54, 1.807) is 30.3 Å². The number of benzene rings is 2. The van der Waals surface area contributed by atoms with E-state index < -0.39 is 5.82 Å². The Kier molecular flexibility index (Phi) is 5.07. The molecule has 0 aliphatic carbocycles. The molecule has 0 saturated heterocycles. The molecule has 0 fully saturated rings. The van der Waals surface area contributed by atoms with Crippen molar-refractivity contribution in [2.75, 3.05) is 6.54 Å². The van der Waals surface area contributed by atoms with Crippen LogP contribution in [0.2, 0.25) is 0 Å². The molecule has 0 bridgehead atoms. The second-order valence-corrected chi connectivity index (χ2v) is 4.39. The molecular weight excluding hydrogens is 260 g/mol. The number of ether oxygens (including phenoxy) is 1. The Morgan fingerprint density at radius 1 is 0.950 bits per heavy atom. The molecule has 0 aliphatic rings. The molecule has 0 saturated carbocycles. The van der Waals surface area contributed by atoms with Crippen LogP contribution in [0.1, 0.15) is 18.1 Å². The highest BCUT2D eigenvalue weighted by atomic mass is 19.1. The first-order chi connectivity index (χ1) is 9.72. The fourth-order valence-corrected chi connectivity index (χ4v) is 1.88. The van der Waals surface area contributed by atoms with Crippen LogP contribution >= 0.6 is 0 Å². The summed E-state index contributed by atoms with van der Waals surface area (Å²) in [7, 11) is 0. The highest BCUT2D eigenvalue weighted by Crippen LogP contribution is 2.24. The maximum absolute atomic E-state index is 13.8. The van der Waals surface area contributed by atoms with Crippen LogP contribution in [0.5, 0.6) is 5.75 Å². The summed E-state index contributed by atoms with van der Waals surface area (Å²) >= 11 is 0. The van der Waals surface area contributed by atoms with Gasteiger partial charge in [-0.25, -0.2) is 8.78 Å². The van der Waals surface area contributed by atoms with Gasteiger partial charge in [0.25, 0.3) is 0 Å². The third-order valence-electron chi connectivity index (χ3n) is 2.94. The van der Waals surface area contributed by atoms with Crippen LogP contribution in [0.4, 0.5) is 8.78 Å². The summed E-state index contributed by atoms with van der Waals surface area (Å²) in [6.07, 6.45) is 0. The molecule has 1 N–H and O–H groups in total. The van der Waals surface area contributed by atoms with Crippen molar-refractivity contribution < 1.29 is 13.5 Å². The van der Waals surface area contributed by atoms with E-state index in [1.165, 1.54) is 12.1 Å². The lowest BCUT2D eigenvalue weighted by molar-refractivity contribution is 0.281. The third kappa shape index (κ3) is 3.54. The van der Waals surface area contributed by atoms with Gasteiger partial charge in [0, 0.05) is 17.7 Å². The number of rotatable bonds is 6. The summed E-state index contributed by atoms with van der Waals surface area (Å²) in [4.78, 5) is 0. The van der Waals surface area contributed by atoms with Gasteiger partial charge in [-0.05, 0) is 18.7 Å². The van der Waals surface area contributed by atoms with E-state index in [0.29, 0.717) is 12.1 Å². The van der Waals surface area contributed by atoms with Crippen molar-refractivity contribution in [3.8, 4) is 5.75 Å². The molecule has 0 unspecified atom stereocenters. The Labute approximate surface area is 117 Å². The molecule has 2 rings (SSSR count). The third-order valence-corrected chi connectivity index (χ3v) is 2.94.